The number of aromatic nitrogens is 3. The minimum absolute atomic E-state index is 0. The Balaban J connectivity index is 0.00000243. The van der Waals surface area contributed by atoms with Crippen LogP contribution >= 0.6 is 35.3 Å². The lowest BCUT2D eigenvalue weighted by Crippen LogP contribution is -2.39. The standard InChI is InChI=1S/C18H24N6S.HI/c1-3-13-12-22-17(25-13)9-11-21-18(19-2)20-10-8-16-23-14-6-4-5-7-15(14)24-16;/h4-7,12H,3,8-11H2,1-2H3,(H,23,24)(H2,19,20,21);1H. The van der Waals surface area contributed by atoms with Gasteiger partial charge in [-0.15, -0.1) is 35.3 Å². The maximum absolute atomic E-state index is 4.58. The van der Waals surface area contributed by atoms with Crippen LogP contribution in [0.15, 0.2) is 35.5 Å². The molecule has 3 aromatic rings. The molecular weight excluding hydrogens is 459 g/mol. The SMILES string of the molecule is CCc1cnc(CCNC(=NC)NCCc2nc3ccccc3[nH]2)s1.I. The number of imidazole rings is 1. The number of nitrogens with one attached hydrogen (secondary N) is 3. The Bertz CT molecular complexity index is 808. The monoisotopic (exact) mass is 484 g/mol. The third-order valence-corrected chi connectivity index (χ3v) is 5.10. The van der Waals surface area contributed by atoms with Crippen molar-refractivity contribution in [1.29, 1.82) is 0 Å². The number of hydrogen-bond donors (Lipinski definition) is 3. The largest absolute Gasteiger partial charge is 0.356 e. The topological polar surface area (TPSA) is 78.0 Å². The molecule has 0 unspecified atom stereocenters. The average molecular weight is 484 g/mol. The Labute approximate surface area is 175 Å². The van der Waals surface area contributed by atoms with E-state index >= 15 is 0 Å². The number of rotatable bonds is 7. The molecule has 8 heteroatoms. The number of aryl methyl sites for hydroxylation is 1. The molecule has 0 bridgehead atoms. The predicted molar refractivity (Wildman–Crippen MR) is 120 cm³/mol. The van der Waals surface area contributed by atoms with Crippen molar-refractivity contribution in [2.45, 2.75) is 26.2 Å². The number of nitrogens with zero attached hydrogens (tertiary/aromatic N) is 3. The molecule has 0 aliphatic rings. The highest BCUT2D eigenvalue weighted by Crippen LogP contribution is 2.13. The molecule has 0 atom stereocenters. The second-order valence-electron chi connectivity index (χ2n) is 5.70. The third-order valence-electron chi connectivity index (χ3n) is 3.90. The van der Waals surface area contributed by atoms with Gasteiger partial charge in [-0.25, -0.2) is 9.97 Å². The summed E-state index contributed by atoms with van der Waals surface area (Å²) in [6.07, 6.45) is 4.76. The highest BCUT2D eigenvalue weighted by atomic mass is 127. The van der Waals surface area contributed by atoms with Crippen LogP contribution in [0.2, 0.25) is 0 Å². The average Bonchev–Trinajstić information content (AvgIpc) is 3.26. The van der Waals surface area contributed by atoms with Crippen molar-refractivity contribution < 1.29 is 0 Å². The molecule has 1 aromatic carbocycles. The van der Waals surface area contributed by atoms with E-state index in [2.05, 4.69) is 37.5 Å². The fraction of sp³-hybridized carbons (Fsp3) is 0.389. The number of hydrogen-bond acceptors (Lipinski definition) is 4. The zero-order chi connectivity index (χ0) is 17.5. The molecule has 2 heterocycles. The van der Waals surface area contributed by atoms with Gasteiger partial charge in [0.1, 0.15) is 5.82 Å². The highest BCUT2D eigenvalue weighted by molar-refractivity contribution is 14.0. The van der Waals surface area contributed by atoms with Crippen LogP contribution in [0.1, 0.15) is 22.6 Å². The van der Waals surface area contributed by atoms with Crippen molar-refractivity contribution >= 4 is 52.3 Å². The molecule has 0 spiro atoms. The maximum Gasteiger partial charge on any atom is 0.191 e. The molecule has 3 N–H and O–H groups in total. The molecule has 0 amide bonds. The minimum atomic E-state index is 0. The number of para-hydroxylation sites is 2. The van der Waals surface area contributed by atoms with Crippen LogP contribution in [0.25, 0.3) is 11.0 Å². The Hall–Kier alpha value is -1.68. The van der Waals surface area contributed by atoms with Crippen molar-refractivity contribution in [3.05, 3.63) is 46.2 Å². The van der Waals surface area contributed by atoms with Crippen LogP contribution in [-0.4, -0.2) is 41.0 Å². The highest BCUT2D eigenvalue weighted by Gasteiger charge is 2.04. The molecule has 0 aliphatic carbocycles. The fourth-order valence-electron chi connectivity index (χ4n) is 2.56. The lowest BCUT2D eigenvalue weighted by atomic mass is 10.3. The Morgan fingerprint density at radius 3 is 2.65 bits per heavy atom. The molecular formula is C18H25IN6S. The number of benzene rings is 1. The number of fused-ring (bicyclic) bond motifs is 1. The lowest BCUT2D eigenvalue weighted by Gasteiger charge is -2.10. The molecule has 26 heavy (non-hydrogen) atoms. The van der Waals surface area contributed by atoms with E-state index < -0.39 is 0 Å². The van der Waals surface area contributed by atoms with Gasteiger partial charge in [0.2, 0.25) is 0 Å². The van der Waals surface area contributed by atoms with Crippen molar-refractivity contribution in [2.75, 3.05) is 20.1 Å². The van der Waals surface area contributed by atoms with E-state index in [0.29, 0.717) is 0 Å². The summed E-state index contributed by atoms with van der Waals surface area (Å²) in [7, 11) is 1.79. The number of halogens is 1. The summed E-state index contributed by atoms with van der Waals surface area (Å²) in [6, 6.07) is 8.08. The van der Waals surface area contributed by atoms with Crippen molar-refractivity contribution in [2.24, 2.45) is 4.99 Å². The quantitative estimate of drug-likeness (QED) is 0.274. The fourth-order valence-corrected chi connectivity index (χ4v) is 3.42. The van der Waals surface area contributed by atoms with Gasteiger partial charge in [-0.2, -0.15) is 0 Å². The normalized spacial score (nSPS) is 11.4. The molecule has 0 radical (unpaired) electrons. The Morgan fingerprint density at radius 1 is 1.19 bits per heavy atom. The van der Waals surface area contributed by atoms with E-state index in [4.69, 9.17) is 0 Å². The zero-order valence-corrected chi connectivity index (χ0v) is 18.2. The first-order chi connectivity index (χ1) is 12.3. The van der Waals surface area contributed by atoms with E-state index in [-0.39, 0.29) is 24.0 Å². The van der Waals surface area contributed by atoms with Gasteiger partial charge in [0.25, 0.3) is 0 Å². The first kappa shape index (κ1) is 20.6. The molecule has 0 saturated carbocycles. The van der Waals surface area contributed by atoms with Gasteiger partial charge in [-0.05, 0) is 18.6 Å². The van der Waals surface area contributed by atoms with Crippen molar-refractivity contribution in [3.8, 4) is 0 Å². The van der Waals surface area contributed by atoms with Gasteiger partial charge in [0.05, 0.1) is 16.0 Å². The number of thiazole rings is 1. The number of aliphatic imine (C=N–C) groups is 1. The van der Waals surface area contributed by atoms with Crippen molar-refractivity contribution in [3.63, 3.8) is 0 Å². The van der Waals surface area contributed by atoms with E-state index in [9.17, 15) is 0 Å². The third kappa shape index (κ3) is 5.66. The van der Waals surface area contributed by atoms with Crippen LogP contribution in [-0.2, 0) is 19.3 Å². The van der Waals surface area contributed by atoms with Crippen LogP contribution in [0.5, 0.6) is 0 Å². The molecule has 3 rings (SSSR count). The molecule has 6 nitrogen and oxygen atoms in total. The lowest BCUT2D eigenvalue weighted by molar-refractivity contribution is 0.768. The Kier molecular flexibility index (Phi) is 8.30. The van der Waals surface area contributed by atoms with Crippen molar-refractivity contribution in [1.82, 2.24) is 25.6 Å². The van der Waals surface area contributed by atoms with Crippen LogP contribution in [0.4, 0.5) is 0 Å². The molecule has 0 fully saturated rings. The summed E-state index contributed by atoms with van der Waals surface area (Å²) < 4.78 is 0. The predicted octanol–water partition coefficient (Wildman–Crippen LogP) is 3.15. The Morgan fingerprint density at radius 2 is 1.96 bits per heavy atom. The van der Waals surface area contributed by atoms with Crippen LogP contribution in [0.3, 0.4) is 0 Å². The molecule has 0 aliphatic heterocycles. The summed E-state index contributed by atoms with van der Waals surface area (Å²) >= 11 is 1.79. The first-order valence-corrected chi connectivity index (χ1v) is 9.42. The summed E-state index contributed by atoms with van der Waals surface area (Å²) in [4.78, 5) is 18.0. The van der Waals surface area contributed by atoms with Crippen LogP contribution in [0, 0.1) is 0 Å². The van der Waals surface area contributed by atoms with Gasteiger partial charge < -0.3 is 15.6 Å². The smallest absolute Gasteiger partial charge is 0.191 e. The summed E-state index contributed by atoms with van der Waals surface area (Å²) in [6.45, 7) is 3.75. The van der Waals surface area contributed by atoms with Gasteiger partial charge in [0.15, 0.2) is 5.96 Å². The van der Waals surface area contributed by atoms with Gasteiger partial charge >= 0.3 is 0 Å². The van der Waals surface area contributed by atoms with Gasteiger partial charge in [-0.1, -0.05) is 19.1 Å². The molecule has 2 aromatic heterocycles. The van der Waals surface area contributed by atoms with E-state index in [1.54, 1.807) is 18.4 Å². The molecule has 140 valence electrons. The van der Waals surface area contributed by atoms with Gasteiger partial charge in [0, 0.05) is 44.1 Å². The summed E-state index contributed by atoms with van der Waals surface area (Å²) in [5.74, 6) is 1.79. The zero-order valence-electron chi connectivity index (χ0n) is 15.1. The van der Waals surface area contributed by atoms with Gasteiger partial charge in [-0.3, -0.25) is 4.99 Å². The second-order valence-corrected chi connectivity index (χ2v) is 6.90. The van der Waals surface area contributed by atoms with E-state index in [0.717, 1.165) is 55.2 Å². The summed E-state index contributed by atoms with van der Waals surface area (Å²) in [5, 5.41) is 7.83. The maximum atomic E-state index is 4.58. The first-order valence-electron chi connectivity index (χ1n) is 8.60. The van der Waals surface area contributed by atoms with E-state index in [1.165, 1.54) is 9.88 Å². The minimum Gasteiger partial charge on any atom is -0.356 e. The number of guanidine groups is 1. The molecule has 0 saturated heterocycles. The van der Waals surface area contributed by atoms with E-state index in [1.807, 2.05) is 30.5 Å². The number of aromatic amines is 1. The van der Waals surface area contributed by atoms with Crippen LogP contribution < -0.4 is 10.6 Å². The summed E-state index contributed by atoms with van der Waals surface area (Å²) in [5.41, 5.74) is 2.09. The number of H-pyrrole nitrogens is 1. The second kappa shape index (κ2) is 10.5.